The number of thiazole rings is 1. The lowest BCUT2D eigenvalue weighted by Gasteiger charge is -2.04. The van der Waals surface area contributed by atoms with E-state index in [1.54, 1.807) is 6.08 Å². The Bertz CT molecular complexity index is 577. The Balaban J connectivity index is 2.66. The molecule has 2 heterocycles. The van der Waals surface area contributed by atoms with E-state index >= 15 is 0 Å². The van der Waals surface area contributed by atoms with Crippen LogP contribution < -0.4 is 5.32 Å². The van der Waals surface area contributed by atoms with E-state index in [9.17, 15) is 4.79 Å². The number of rotatable bonds is 2. The summed E-state index contributed by atoms with van der Waals surface area (Å²) in [5.74, 6) is 0. The van der Waals surface area contributed by atoms with Gasteiger partial charge in [-0.1, -0.05) is 24.0 Å². The van der Waals surface area contributed by atoms with E-state index in [-0.39, 0.29) is 0 Å². The van der Waals surface area contributed by atoms with Crippen LogP contribution in [0.4, 0.5) is 10.5 Å². The summed E-state index contributed by atoms with van der Waals surface area (Å²) in [7, 11) is 0. The van der Waals surface area contributed by atoms with Gasteiger partial charge in [0.2, 0.25) is 0 Å². The van der Waals surface area contributed by atoms with Gasteiger partial charge in [0.1, 0.15) is 10.3 Å². The molecule has 0 saturated heterocycles. The lowest BCUT2D eigenvalue weighted by atomic mass is 10.2. The highest BCUT2D eigenvalue weighted by molar-refractivity contribution is 7.18. The molecule has 0 radical (unpaired) electrons. The molecule has 2 N–H and O–H groups in total. The summed E-state index contributed by atoms with van der Waals surface area (Å²) in [5, 5.41) is 11.8. The SMILES string of the molecule is C=Cc1c(NC(=O)O)cnc2sc(C)nc12. The zero-order valence-electron chi connectivity index (χ0n) is 8.52. The summed E-state index contributed by atoms with van der Waals surface area (Å²) in [6, 6.07) is 0. The number of carbonyl (C=O) groups is 1. The van der Waals surface area contributed by atoms with Crippen LogP contribution in [0.5, 0.6) is 0 Å². The summed E-state index contributed by atoms with van der Waals surface area (Å²) in [6.45, 7) is 5.54. The molecule has 2 aromatic heterocycles. The van der Waals surface area contributed by atoms with E-state index in [1.165, 1.54) is 17.5 Å². The number of amides is 1. The maximum Gasteiger partial charge on any atom is 0.409 e. The van der Waals surface area contributed by atoms with Crippen LogP contribution >= 0.6 is 11.3 Å². The summed E-state index contributed by atoms with van der Waals surface area (Å²) < 4.78 is 0. The van der Waals surface area contributed by atoms with Crippen molar-refractivity contribution in [1.29, 1.82) is 0 Å². The fraction of sp³-hybridized carbons (Fsp3) is 0.100. The van der Waals surface area contributed by atoms with Crippen LogP contribution in [0.15, 0.2) is 12.8 Å². The van der Waals surface area contributed by atoms with Crippen molar-refractivity contribution >= 4 is 39.5 Å². The third-order valence-electron chi connectivity index (χ3n) is 2.02. The summed E-state index contributed by atoms with van der Waals surface area (Å²) in [4.78, 5) is 19.8. The van der Waals surface area contributed by atoms with Crippen LogP contribution in [0.25, 0.3) is 16.4 Å². The highest BCUT2D eigenvalue weighted by Gasteiger charge is 2.11. The molecular weight excluding hydrogens is 226 g/mol. The molecule has 0 spiro atoms. The first-order chi connectivity index (χ1) is 7.61. The Morgan fingerprint density at radius 3 is 3.06 bits per heavy atom. The number of hydrogen-bond acceptors (Lipinski definition) is 4. The number of fused-ring (bicyclic) bond motifs is 1. The van der Waals surface area contributed by atoms with E-state index in [2.05, 4.69) is 21.9 Å². The van der Waals surface area contributed by atoms with E-state index in [4.69, 9.17) is 5.11 Å². The number of nitrogens with one attached hydrogen (secondary N) is 1. The van der Waals surface area contributed by atoms with Crippen molar-refractivity contribution in [2.75, 3.05) is 5.32 Å². The minimum Gasteiger partial charge on any atom is -0.465 e. The number of anilines is 1. The van der Waals surface area contributed by atoms with E-state index < -0.39 is 6.09 Å². The first kappa shape index (κ1) is 10.6. The van der Waals surface area contributed by atoms with Crippen molar-refractivity contribution in [3.63, 3.8) is 0 Å². The van der Waals surface area contributed by atoms with Gasteiger partial charge in [-0.2, -0.15) is 0 Å². The fourth-order valence-electron chi connectivity index (χ4n) is 1.42. The van der Waals surface area contributed by atoms with Crippen LogP contribution in [0.1, 0.15) is 10.6 Å². The van der Waals surface area contributed by atoms with Gasteiger partial charge >= 0.3 is 6.09 Å². The molecule has 5 nitrogen and oxygen atoms in total. The molecule has 0 bridgehead atoms. The van der Waals surface area contributed by atoms with Gasteiger partial charge in [0.15, 0.2) is 0 Å². The first-order valence-electron chi connectivity index (χ1n) is 4.50. The van der Waals surface area contributed by atoms with Gasteiger partial charge in [-0.3, -0.25) is 5.32 Å². The van der Waals surface area contributed by atoms with Crippen LogP contribution in [0, 0.1) is 6.92 Å². The number of hydrogen-bond donors (Lipinski definition) is 2. The van der Waals surface area contributed by atoms with Gasteiger partial charge in [-0.25, -0.2) is 14.8 Å². The van der Waals surface area contributed by atoms with E-state index in [0.717, 1.165) is 9.84 Å². The van der Waals surface area contributed by atoms with Crippen molar-refractivity contribution in [3.8, 4) is 0 Å². The summed E-state index contributed by atoms with van der Waals surface area (Å²) in [6.07, 6.45) is 1.93. The van der Waals surface area contributed by atoms with Gasteiger partial charge in [-0.15, -0.1) is 0 Å². The topological polar surface area (TPSA) is 75.1 Å². The molecule has 0 fully saturated rings. The summed E-state index contributed by atoms with van der Waals surface area (Å²) >= 11 is 1.46. The molecule has 6 heteroatoms. The maximum atomic E-state index is 10.6. The average Bonchev–Trinajstić information content (AvgIpc) is 2.57. The number of aromatic nitrogens is 2. The van der Waals surface area contributed by atoms with E-state index in [1.807, 2.05) is 6.92 Å². The molecule has 0 aliphatic heterocycles. The molecule has 2 aromatic rings. The van der Waals surface area contributed by atoms with Crippen molar-refractivity contribution in [1.82, 2.24) is 9.97 Å². The fourth-order valence-corrected chi connectivity index (χ4v) is 2.20. The lowest BCUT2D eigenvalue weighted by Crippen LogP contribution is -2.08. The first-order valence-corrected chi connectivity index (χ1v) is 5.32. The third-order valence-corrected chi connectivity index (χ3v) is 2.90. The van der Waals surface area contributed by atoms with Gasteiger partial charge in [0, 0.05) is 5.56 Å². The Morgan fingerprint density at radius 1 is 1.69 bits per heavy atom. The summed E-state index contributed by atoms with van der Waals surface area (Å²) in [5.41, 5.74) is 1.75. The molecule has 0 atom stereocenters. The Kier molecular flexibility index (Phi) is 2.57. The van der Waals surface area contributed by atoms with Crippen LogP contribution in [-0.4, -0.2) is 21.2 Å². The van der Waals surface area contributed by atoms with Gasteiger partial charge < -0.3 is 5.11 Å². The molecule has 82 valence electrons. The highest BCUT2D eigenvalue weighted by Crippen LogP contribution is 2.28. The highest BCUT2D eigenvalue weighted by atomic mass is 32.1. The lowest BCUT2D eigenvalue weighted by molar-refractivity contribution is 0.209. The Hall–Kier alpha value is -1.95. The van der Waals surface area contributed by atoms with Gasteiger partial charge in [0.25, 0.3) is 0 Å². The van der Waals surface area contributed by atoms with Crippen molar-refractivity contribution < 1.29 is 9.90 Å². The molecule has 0 aliphatic rings. The zero-order chi connectivity index (χ0) is 11.7. The second-order valence-corrected chi connectivity index (χ2v) is 4.29. The monoisotopic (exact) mass is 235 g/mol. The smallest absolute Gasteiger partial charge is 0.409 e. The minimum atomic E-state index is -1.13. The van der Waals surface area contributed by atoms with Crippen LogP contribution in [0.2, 0.25) is 0 Å². The zero-order valence-corrected chi connectivity index (χ0v) is 9.34. The minimum absolute atomic E-state index is 0.403. The number of carboxylic acid groups (broad SMARTS) is 1. The largest absolute Gasteiger partial charge is 0.465 e. The quantitative estimate of drug-likeness (QED) is 0.839. The molecule has 2 rings (SSSR count). The van der Waals surface area contributed by atoms with Crippen molar-refractivity contribution in [2.24, 2.45) is 0 Å². The van der Waals surface area contributed by atoms with Crippen molar-refractivity contribution in [2.45, 2.75) is 6.92 Å². The van der Waals surface area contributed by atoms with Crippen LogP contribution in [-0.2, 0) is 0 Å². The molecule has 1 amide bonds. The Labute approximate surface area is 95.5 Å². The van der Waals surface area contributed by atoms with Crippen molar-refractivity contribution in [3.05, 3.63) is 23.3 Å². The van der Waals surface area contributed by atoms with Gasteiger partial charge in [0.05, 0.1) is 16.9 Å². The second-order valence-electron chi connectivity index (χ2n) is 3.11. The average molecular weight is 235 g/mol. The number of aryl methyl sites for hydroxylation is 1. The molecule has 0 aromatic carbocycles. The molecule has 0 unspecified atom stereocenters. The molecule has 0 saturated carbocycles. The predicted octanol–water partition coefficient (Wildman–Crippen LogP) is 2.73. The standard InChI is InChI=1S/C10H9N3O2S/c1-3-6-7(13-10(14)15)4-11-9-8(6)12-5(2)16-9/h3-4,13H,1H2,2H3,(H,14,15). The Morgan fingerprint density at radius 2 is 2.44 bits per heavy atom. The van der Waals surface area contributed by atoms with Crippen LogP contribution in [0.3, 0.4) is 0 Å². The second kappa shape index (κ2) is 3.90. The predicted molar refractivity (Wildman–Crippen MR) is 63.9 cm³/mol. The molecule has 16 heavy (non-hydrogen) atoms. The molecular formula is C10H9N3O2S. The number of nitrogens with zero attached hydrogens (tertiary/aromatic N) is 2. The third kappa shape index (κ3) is 1.74. The van der Waals surface area contributed by atoms with E-state index in [0.29, 0.717) is 16.8 Å². The molecule has 0 aliphatic carbocycles. The maximum absolute atomic E-state index is 10.6. The number of pyridine rings is 1. The normalized spacial score (nSPS) is 10.3. The van der Waals surface area contributed by atoms with Gasteiger partial charge in [-0.05, 0) is 6.92 Å².